The number of nitrogens with zero attached hydrogens (tertiary/aromatic N) is 4. The van der Waals surface area contributed by atoms with E-state index in [4.69, 9.17) is 10.2 Å². The lowest BCUT2D eigenvalue weighted by Gasteiger charge is -1.98. The molecule has 0 aliphatic heterocycles. The largest absolute Gasteiger partial charge is 0.461 e. The number of thioether (sulfide) groups is 1. The van der Waals surface area contributed by atoms with Crippen LogP contribution in [0.2, 0.25) is 0 Å². The molecule has 0 bridgehead atoms. The third-order valence-corrected chi connectivity index (χ3v) is 2.89. The molecule has 3 rings (SSSR count). The summed E-state index contributed by atoms with van der Waals surface area (Å²) < 4.78 is 6.73. The van der Waals surface area contributed by atoms with Gasteiger partial charge in [0.15, 0.2) is 5.76 Å². The molecule has 0 unspecified atom stereocenters. The highest BCUT2D eigenvalue weighted by molar-refractivity contribution is 7.98. The van der Waals surface area contributed by atoms with Crippen molar-refractivity contribution in [3.63, 3.8) is 0 Å². The molecular formula is C10H9N5OS. The van der Waals surface area contributed by atoms with Crippen molar-refractivity contribution in [1.82, 2.24) is 19.6 Å². The van der Waals surface area contributed by atoms with Gasteiger partial charge in [0, 0.05) is 6.07 Å². The monoisotopic (exact) mass is 247 g/mol. The van der Waals surface area contributed by atoms with Crippen molar-refractivity contribution in [2.24, 2.45) is 0 Å². The SMILES string of the molecule is CSc1cc(N)n2nc(-c3ccco3)nc2n1. The summed E-state index contributed by atoms with van der Waals surface area (Å²) in [5.41, 5.74) is 5.88. The lowest BCUT2D eigenvalue weighted by atomic mass is 10.4. The smallest absolute Gasteiger partial charge is 0.255 e. The third kappa shape index (κ3) is 1.64. The molecule has 3 aromatic rings. The van der Waals surface area contributed by atoms with Crippen LogP contribution in [-0.2, 0) is 0 Å². The number of nitrogen functional groups attached to an aromatic ring is 1. The average Bonchev–Trinajstić information content (AvgIpc) is 2.96. The standard InChI is InChI=1S/C10H9N5OS/c1-17-8-5-7(11)15-10(12-8)13-9(14-15)6-3-2-4-16-6/h2-5H,11H2,1H3. The summed E-state index contributed by atoms with van der Waals surface area (Å²) in [6.45, 7) is 0. The molecule has 7 heteroatoms. The maximum atomic E-state index is 5.88. The zero-order valence-corrected chi connectivity index (χ0v) is 9.81. The normalized spacial score (nSPS) is 11.1. The van der Waals surface area contributed by atoms with Crippen molar-refractivity contribution in [3.8, 4) is 11.6 Å². The number of rotatable bonds is 2. The fourth-order valence-corrected chi connectivity index (χ4v) is 1.89. The zero-order valence-electron chi connectivity index (χ0n) is 8.99. The molecule has 0 aromatic carbocycles. The molecule has 0 aliphatic carbocycles. The molecule has 0 saturated heterocycles. The van der Waals surface area contributed by atoms with Crippen molar-refractivity contribution >= 4 is 23.4 Å². The fraction of sp³-hybridized carbons (Fsp3) is 0.100. The molecule has 0 radical (unpaired) electrons. The maximum Gasteiger partial charge on any atom is 0.255 e. The predicted octanol–water partition coefficient (Wildman–Crippen LogP) is 1.69. The van der Waals surface area contributed by atoms with Crippen LogP contribution in [-0.4, -0.2) is 25.8 Å². The Labute approximate surface area is 101 Å². The first-order valence-electron chi connectivity index (χ1n) is 4.89. The van der Waals surface area contributed by atoms with Gasteiger partial charge in [-0.05, 0) is 18.4 Å². The second-order valence-electron chi connectivity index (χ2n) is 3.35. The van der Waals surface area contributed by atoms with Crippen LogP contribution in [0.15, 0.2) is 33.9 Å². The van der Waals surface area contributed by atoms with Gasteiger partial charge in [-0.25, -0.2) is 4.98 Å². The molecule has 2 N–H and O–H groups in total. The van der Waals surface area contributed by atoms with Crippen molar-refractivity contribution < 1.29 is 4.42 Å². The van der Waals surface area contributed by atoms with E-state index in [0.717, 1.165) is 5.03 Å². The molecule has 0 amide bonds. The van der Waals surface area contributed by atoms with Crippen LogP contribution < -0.4 is 5.73 Å². The van der Waals surface area contributed by atoms with Gasteiger partial charge in [0.05, 0.1) is 6.26 Å². The van der Waals surface area contributed by atoms with E-state index in [1.54, 1.807) is 24.5 Å². The van der Waals surface area contributed by atoms with Crippen molar-refractivity contribution in [2.45, 2.75) is 5.03 Å². The van der Waals surface area contributed by atoms with Gasteiger partial charge in [-0.1, -0.05) is 0 Å². The Kier molecular flexibility index (Phi) is 2.25. The van der Waals surface area contributed by atoms with Gasteiger partial charge in [-0.15, -0.1) is 16.9 Å². The first kappa shape index (κ1) is 10.2. The number of nitrogens with two attached hydrogens (primary N) is 1. The average molecular weight is 247 g/mol. The van der Waals surface area contributed by atoms with Gasteiger partial charge in [-0.3, -0.25) is 0 Å². The molecule has 0 aliphatic rings. The molecule has 0 saturated carbocycles. The molecule has 17 heavy (non-hydrogen) atoms. The van der Waals surface area contributed by atoms with E-state index in [2.05, 4.69) is 15.1 Å². The summed E-state index contributed by atoms with van der Waals surface area (Å²) in [6, 6.07) is 5.34. The van der Waals surface area contributed by atoms with Crippen LogP contribution in [0, 0.1) is 0 Å². The summed E-state index contributed by atoms with van der Waals surface area (Å²) in [7, 11) is 0. The molecule has 86 valence electrons. The zero-order chi connectivity index (χ0) is 11.8. The quantitative estimate of drug-likeness (QED) is 0.548. The van der Waals surface area contributed by atoms with E-state index in [-0.39, 0.29) is 0 Å². The first-order chi connectivity index (χ1) is 8.28. The van der Waals surface area contributed by atoms with Crippen molar-refractivity contribution in [1.29, 1.82) is 0 Å². The van der Waals surface area contributed by atoms with Gasteiger partial charge in [0.25, 0.3) is 5.78 Å². The molecule has 0 fully saturated rings. The summed E-state index contributed by atoms with van der Waals surface area (Å²) in [4.78, 5) is 8.59. The molecule has 0 spiro atoms. The Hall–Kier alpha value is -2.02. The summed E-state index contributed by atoms with van der Waals surface area (Å²) in [5, 5.41) is 5.06. The Bertz CT molecular complexity index is 661. The minimum atomic E-state index is 0.473. The van der Waals surface area contributed by atoms with Crippen LogP contribution in [0.4, 0.5) is 5.82 Å². The van der Waals surface area contributed by atoms with Gasteiger partial charge < -0.3 is 10.2 Å². The third-order valence-electron chi connectivity index (χ3n) is 2.27. The van der Waals surface area contributed by atoms with E-state index in [0.29, 0.717) is 23.2 Å². The van der Waals surface area contributed by atoms with Gasteiger partial charge in [0.1, 0.15) is 10.8 Å². The fourth-order valence-electron chi connectivity index (χ4n) is 1.48. The number of fused-ring (bicyclic) bond motifs is 1. The maximum absolute atomic E-state index is 5.88. The summed E-state index contributed by atoms with van der Waals surface area (Å²) in [6.07, 6.45) is 3.51. The van der Waals surface area contributed by atoms with Gasteiger partial charge in [0.2, 0.25) is 5.82 Å². The molecule has 0 atom stereocenters. The van der Waals surface area contributed by atoms with E-state index in [1.807, 2.05) is 6.26 Å². The number of hydrogen-bond donors (Lipinski definition) is 1. The minimum Gasteiger partial charge on any atom is -0.461 e. The van der Waals surface area contributed by atoms with E-state index in [1.165, 1.54) is 16.3 Å². The Balaban J connectivity index is 2.22. The first-order valence-corrected chi connectivity index (χ1v) is 6.11. The second-order valence-corrected chi connectivity index (χ2v) is 4.17. The lowest BCUT2D eigenvalue weighted by molar-refractivity contribution is 0.577. The Morgan fingerprint density at radius 2 is 2.29 bits per heavy atom. The van der Waals surface area contributed by atoms with Crippen LogP contribution in [0.5, 0.6) is 0 Å². The second kappa shape index (κ2) is 3.77. The molecular weight excluding hydrogens is 238 g/mol. The van der Waals surface area contributed by atoms with E-state index < -0.39 is 0 Å². The Morgan fingerprint density at radius 3 is 3.00 bits per heavy atom. The number of anilines is 1. The van der Waals surface area contributed by atoms with Gasteiger partial charge in [-0.2, -0.15) is 9.50 Å². The van der Waals surface area contributed by atoms with Gasteiger partial charge >= 0.3 is 0 Å². The van der Waals surface area contributed by atoms with Crippen molar-refractivity contribution in [2.75, 3.05) is 12.0 Å². The highest BCUT2D eigenvalue weighted by Gasteiger charge is 2.12. The topological polar surface area (TPSA) is 82.2 Å². The molecule has 3 aromatic heterocycles. The molecule has 6 nitrogen and oxygen atoms in total. The predicted molar refractivity (Wildman–Crippen MR) is 64.7 cm³/mol. The van der Waals surface area contributed by atoms with Crippen LogP contribution >= 0.6 is 11.8 Å². The lowest BCUT2D eigenvalue weighted by Crippen LogP contribution is -2.00. The summed E-state index contributed by atoms with van der Waals surface area (Å²) >= 11 is 1.51. The van der Waals surface area contributed by atoms with Crippen LogP contribution in [0.3, 0.4) is 0 Å². The number of furan rings is 1. The van der Waals surface area contributed by atoms with E-state index >= 15 is 0 Å². The van der Waals surface area contributed by atoms with Crippen molar-refractivity contribution in [3.05, 3.63) is 24.5 Å². The Morgan fingerprint density at radius 1 is 1.41 bits per heavy atom. The highest BCUT2D eigenvalue weighted by atomic mass is 32.2. The van der Waals surface area contributed by atoms with E-state index in [9.17, 15) is 0 Å². The number of hydrogen-bond acceptors (Lipinski definition) is 6. The number of aromatic nitrogens is 4. The molecule has 3 heterocycles. The minimum absolute atomic E-state index is 0.473. The van der Waals surface area contributed by atoms with Crippen LogP contribution in [0.1, 0.15) is 0 Å². The van der Waals surface area contributed by atoms with Crippen LogP contribution in [0.25, 0.3) is 17.4 Å². The summed E-state index contributed by atoms with van der Waals surface area (Å²) in [5.74, 6) is 2.05. The highest BCUT2D eigenvalue weighted by Crippen LogP contribution is 2.20.